The third-order valence-electron chi connectivity index (χ3n) is 3.10. The molecule has 5 heteroatoms. The Balaban J connectivity index is 2.24. The van der Waals surface area contributed by atoms with Crippen LogP contribution in [0.4, 0.5) is 11.4 Å². The molecule has 0 bridgehead atoms. The first-order valence-electron chi connectivity index (χ1n) is 6.72. The molecular weight excluding hydrogens is 238 g/mol. The Bertz CT molecular complexity index is 520. The van der Waals surface area contributed by atoms with Crippen LogP contribution in [0.15, 0.2) is 30.6 Å². The van der Waals surface area contributed by atoms with E-state index in [1.165, 1.54) is 0 Å². The lowest BCUT2D eigenvalue weighted by molar-refractivity contribution is 0.600. The van der Waals surface area contributed by atoms with E-state index >= 15 is 0 Å². The SMILES string of the molecule is CCCN(Cc1ncnn1CC)c1ccccc1N. The van der Waals surface area contributed by atoms with E-state index in [-0.39, 0.29) is 0 Å². The topological polar surface area (TPSA) is 60.0 Å². The van der Waals surface area contributed by atoms with Crippen molar-refractivity contribution in [2.75, 3.05) is 17.2 Å². The van der Waals surface area contributed by atoms with E-state index in [0.717, 1.165) is 43.3 Å². The molecule has 1 aromatic heterocycles. The third kappa shape index (κ3) is 3.05. The number of para-hydroxylation sites is 2. The van der Waals surface area contributed by atoms with Gasteiger partial charge in [0.1, 0.15) is 12.2 Å². The van der Waals surface area contributed by atoms with Gasteiger partial charge in [-0.1, -0.05) is 19.1 Å². The molecule has 0 atom stereocenters. The van der Waals surface area contributed by atoms with Crippen molar-refractivity contribution in [3.8, 4) is 0 Å². The molecule has 0 saturated heterocycles. The van der Waals surface area contributed by atoms with E-state index in [4.69, 9.17) is 5.73 Å². The van der Waals surface area contributed by atoms with Crippen molar-refractivity contribution in [3.63, 3.8) is 0 Å². The molecule has 0 unspecified atom stereocenters. The summed E-state index contributed by atoms with van der Waals surface area (Å²) in [6.07, 6.45) is 2.67. The lowest BCUT2D eigenvalue weighted by atomic mass is 10.2. The van der Waals surface area contributed by atoms with Crippen LogP contribution in [0.25, 0.3) is 0 Å². The van der Waals surface area contributed by atoms with Crippen molar-refractivity contribution < 1.29 is 0 Å². The maximum atomic E-state index is 6.07. The Labute approximate surface area is 114 Å². The zero-order valence-electron chi connectivity index (χ0n) is 11.6. The standard InChI is InChI=1S/C14H21N5/c1-3-9-18(13-8-6-5-7-12(13)15)10-14-16-11-17-19(14)4-2/h5-8,11H,3-4,9-10,15H2,1-2H3. The summed E-state index contributed by atoms with van der Waals surface area (Å²) in [5.74, 6) is 0.971. The van der Waals surface area contributed by atoms with Gasteiger partial charge >= 0.3 is 0 Å². The minimum absolute atomic E-state index is 0.732. The zero-order chi connectivity index (χ0) is 13.7. The van der Waals surface area contributed by atoms with E-state index in [2.05, 4.69) is 34.9 Å². The summed E-state index contributed by atoms with van der Waals surface area (Å²) in [7, 11) is 0. The molecule has 2 N–H and O–H groups in total. The van der Waals surface area contributed by atoms with Crippen molar-refractivity contribution >= 4 is 11.4 Å². The van der Waals surface area contributed by atoms with Crippen molar-refractivity contribution in [3.05, 3.63) is 36.4 Å². The van der Waals surface area contributed by atoms with Crippen molar-refractivity contribution in [1.29, 1.82) is 0 Å². The number of hydrogen-bond donors (Lipinski definition) is 1. The second kappa shape index (κ2) is 6.22. The van der Waals surface area contributed by atoms with Gasteiger partial charge in [0, 0.05) is 13.1 Å². The van der Waals surface area contributed by atoms with Crippen LogP contribution in [0.3, 0.4) is 0 Å². The Kier molecular flexibility index (Phi) is 4.39. The van der Waals surface area contributed by atoms with Gasteiger partial charge in [-0.25, -0.2) is 9.67 Å². The molecule has 5 nitrogen and oxygen atoms in total. The van der Waals surface area contributed by atoms with E-state index in [1.807, 2.05) is 22.9 Å². The second-order valence-corrected chi connectivity index (χ2v) is 4.47. The molecule has 0 aliphatic carbocycles. The predicted octanol–water partition coefficient (Wildman–Crippen LogP) is 2.30. The van der Waals surface area contributed by atoms with Gasteiger partial charge in [0.2, 0.25) is 0 Å². The Morgan fingerprint density at radius 1 is 1.26 bits per heavy atom. The van der Waals surface area contributed by atoms with E-state index in [1.54, 1.807) is 6.33 Å². The lowest BCUT2D eigenvalue weighted by Gasteiger charge is -2.25. The third-order valence-corrected chi connectivity index (χ3v) is 3.10. The molecule has 0 fully saturated rings. The highest BCUT2D eigenvalue weighted by atomic mass is 15.3. The first-order chi connectivity index (χ1) is 9.26. The molecule has 19 heavy (non-hydrogen) atoms. The smallest absolute Gasteiger partial charge is 0.146 e. The van der Waals surface area contributed by atoms with Crippen molar-refractivity contribution in [2.24, 2.45) is 0 Å². The molecule has 1 aromatic carbocycles. The van der Waals surface area contributed by atoms with Gasteiger partial charge in [0.25, 0.3) is 0 Å². The number of aromatic nitrogens is 3. The van der Waals surface area contributed by atoms with Crippen LogP contribution in [-0.4, -0.2) is 21.3 Å². The highest BCUT2D eigenvalue weighted by Crippen LogP contribution is 2.24. The number of nitrogens with zero attached hydrogens (tertiary/aromatic N) is 4. The van der Waals surface area contributed by atoms with E-state index in [9.17, 15) is 0 Å². The van der Waals surface area contributed by atoms with Crippen LogP contribution < -0.4 is 10.6 Å². The number of rotatable bonds is 6. The first-order valence-corrected chi connectivity index (χ1v) is 6.72. The molecule has 0 aliphatic heterocycles. The first kappa shape index (κ1) is 13.4. The average Bonchev–Trinajstić information content (AvgIpc) is 2.86. The van der Waals surface area contributed by atoms with Gasteiger partial charge in [0.15, 0.2) is 0 Å². The number of hydrogen-bond acceptors (Lipinski definition) is 4. The molecule has 0 radical (unpaired) electrons. The van der Waals surface area contributed by atoms with E-state index in [0.29, 0.717) is 0 Å². The predicted molar refractivity (Wildman–Crippen MR) is 77.9 cm³/mol. The Morgan fingerprint density at radius 3 is 2.74 bits per heavy atom. The molecule has 0 saturated carbocycles. The quantitative estimate of drug-likeness (QED) is 0.809. The average molecular weight is 259 g/mol. The number of benzene rings is 1. The number of nitrogens with two attached hydrogens (primary N) is 1. The minimum atomic E-state index is 0.732. The highest BCUT2D eigenvalue weighted by Gasteiger charge is 2.12. The lowest BCUT2D eigenvalue weighted by Crippen LogP contribution is -2.26. The second-order valence-electron chi connectivity index (χ2n) is 4.47. The molecule has 2 aromatic rings. The normalized spacial score (nSPS) is 10.6. The summed E-state index contributed by atoms with van der Waals surface area (Å²) < 4.78 is 1.92. The maximum Gasteiger partial charge on any atom is 0.146 e. The fraction of sp³-hybridized carbons (Fsp3) is 0.429. The van der Waals surface area contributed by atoms with Gasteiger partial charge in [-0.2, -0.15) is 5.10 Å². The molecule has 1 heterocycles. The van der Waals surface area contributed by atoms with Crippen LogP contribution in [0, 0.1) is 0 Å². The fourth-order valence-electron chi connectivity index (χ4n) is 2.18. The maximum absolute atomic E-state index is 6.07. The highest BCUT2D eigenvalue weighted by molar-refractivity contribution is 5.67. The van der Waals surface area contributed by atoms with E-state index < -0.39 is 0 Å². The molecule has 0 amide bonds. The zero-order valence-corrected chi connectivity index (χ0v) is 11.6. The van der Waals surface area contributed by atoms with Crippen molar-refractivity contribution in [2.45, 2.75) is 33.4 Å². The molecule has 2 rings (SSSR count). The van der Waals surface area contributed by atoms with Crippen LogP contribution in [0.2, 0.25) is 0 Å². The van der Waals surface area contributed by atoms with Gasteiger partial charge in [-0.05, 0) is 25.5 Å². The summed E-state index contributed by atoms with van der Waals surface area (Å²) >= 11 is 0. The van der Waals surface area contributed by atoms with Crippen LogP contribution in [-0.2, 0) is 13.1 Å². The van der Waals surface area contributed by atoms with Crippen LogP contribution in [0.5, 0.6) is 0 Å². The van der Waals surface area contributed by atoms with Gasteiger partial charge < -0.3 is 10.6 Å². The summed E-state index contributed by atoms with van der Waals surface area (Å²) in [6, 6.07) is 7.95. The van der Waals surface area contributed by atoms with Gasteiger partial charge in [0.05, 0.1) is 17.9 Å². The largest absolute Gasteiger partial charge is 0.397 e. The fourth-order valence-corrected chi connectivity index (χ4v) is 2.18. The van der Waals surface area contributed by atoms with Gasteiger partial charge in [-0.3, -0.25) is 0 Å². The molecular formula is C14H21N5. The summed E-state index contributed by atoms with van der Waals surface area (Å²) in [4.78, 5) is 6.59. The number of anilines is 2. The monoisotopic (exact) mass is 259 g/mol. The molecule has 0 spiro atoms. The summed E-state index contributed by atoms with van der Waals surface area (Å²) in [6.45, 7) is 6.75. The molecule has 0 aliphatic rings. The summed E-state index contributed by atoms with van der Waals surface area (Å²) in [5, 5.41) is 4.21. The Morgan fingerprint density at radius 2 is 2.05 bits per heavy atom. The van der Waals surface area contributed by atoms with Crippen LogP contribution >= 0.6 is 0 Å². The van der Waals surface area contributed by atoms with Gasteiger partial charge in [-0.15, -0.1) is 0 Å². The minimum Gasteiger partial charge on any atom is -0.397 e. The van der Waals surface area contributed by atoms with Crippen molar-refractivity contribution in [1.82, 2.24) is 14.8 Å². The molecule has 102 valence electrons. The number of aryl methyl sites for hydroxylation is 1. The summed E-state index contributed by atoms with van der Waals surface area (Å²) in [5.41, 5.74) is 7.94. The number of nitrogen functional groups attached to an aromatic ring is 1. The van der Waals surface area contributed by atoms with Crippen LogP contribution in [0.1, 0.15) is 26.1 Å². The Hall–Kier alpha value is -2.04.